The van der Waals surface area contributed by atoms with Gasteiger partial charge in [-0.25, -0.2) is 13.6 Å². The molecule has 0 aliphatic heterocycles. The number of phenolic OH excluding ortho intramolecular Hbond substituents is 1. The van der Waals surface area contributed by atoms with E-state index in [2.05, 4.69) is 0 Å². The first-order valence-corrected chi connectivity index (χ1v) is 7.52. The van der Waals surface area contributed by atoms with Gasteiger partial charge in [-0.05, 0) is 12.8 Å². The van der Waals surface area contributed by atoms with Crippen molar-refractivity contribution in [2.45, 2.75) is 38.1 Å². The molecule has 1 aliphatic rings. The van der Waals surface area contributed by atoms with Gasteiger partial charge in [-0.1, -0.05) is 19.3 Å². The standard InChI is InChI=1S/C16H14F3NO4/c17-11-10-9(21)6-8(16(23)24)20(7-4-2-1-3-5-7)14(10)13(19)15(22)12(11)18/h6-7,22H,1-5H2,(H,23,24). The highest BCUT2D eigenvalue weighted by molar-refractivity contribution is 5.91. The van der Waals surface area contributed by atoms with E-state index in [1.165, 1.54) is 0 Å². The second-order valence-corrected chi connectivity index (χ2v) is 5.87. The molecule has 1 heterocycles. The summed E-state index contributed by atoms with van der Waals surface area (Å²) in [6.07, 6.45) is 3.46. The zero-order chi connectivity index (χ0) is 17.6. The Morgan fingerprint density at radius 1 is 1.08 bits per heavy atom. The first-order valence-electron chi connectivity index (χ1n) is 7.52. The number of halogens is 3. The molecule has 0 spiro atoms. The lowest BCUT2D eigenvalue weighted by atomic mass is 9.94. The van der Waals surface area contributed by atoms with Crippen molar-refractivity contribution in [2.75, 3.05) is 0 Å². The highest BCUT2D eigenvalue weighted by Gasteiger charge is 2.30. The van der Waals surface area contributed by atoms with E-state index < -0.39 is 57.2 Å². The normalized spacial score (nSPS) is 15.8. The van der Waals surface area contributed by atoms with Crippen LogP contribution in [0, 0.1) is 17.5 Å². The predicted molar refractivity (Wildman–Crippen MR) is 78.8 cm³/mol. The largest absolute Gasteiger partial charge is 0.503 e. The van der Waals surface area contributed by atoms with Gasteiger partial charge in [0, 0.05) is 12.1 Å². The molecule has 1 aliphatic carbocycles. The number of carbonyl (C=O) groups is 1. The van der Waals surface area contributed by atoms with E-state index in [1.807, 2.05) is 0 Å². The van der Waals surface area contributed by atoms with Crippen LogP contribution in [0.4, 0.5) is 13.2 Å². The van der Waals surface area contributed by atoms with Crippen molar-refractivity contribution in [3.63, 3.8) is 0 Å². The predicted octanol–water partition coefficient (Wildman–Crippen LogP) is 3.33. The van der Waals surface area contributed by atoms with Gasteiger partial charge in [0.15, 0.2) is 22.8 Å². The Balaban J connectivity index is 2.50. The Hall–Kier alpha value is -2.51. The number of pyridine rings is 1. The van der Waals surface area contributed by atoms with E-state index in [9.17, 15) is 33.0 Å². The maximum atomic E-state index is 14.5. The highest BCUT2D eigenvalue weighted by atomic mass is 19.2. The summed E-state index contributed by atoms with van der Waals surface area (Å²) < 4.78 is 43.2. The lowest BCUT2D eigenvalue weighted by molar-refractivity contribution is 0.0680. The van der Waals surface area contributed by atoms with Crippen molar-refractivity contribution in [1.82, 2.24) is 4.57 Å². The monoisotopic (exact) mass is 341 g/mol. The second kappa shape index (κ2) is 5.85. The van der Waals surface area contributed by atoms with Crippen molar-refractivity contribution < 1.29 is 28.2 Å². The molecule has 0 bridgehead atoms. The van der Waals surface area contributed by atoms with Crippen LogP contribution in [0.3, 0.4) is 0 Å². The van der Waals surface area contributed by atoms with E-state index in [0.717, 1.165) is 23.8 Å². The van der Waals surface area contributed by atoms with Gasteiger partial charge in [0.05, 0.1) is 10.9 Å². The Labute approximate surface area is 133 Å². The molecular weight excluding hydrogens is 327 g/mol. The van der Waals surface area contributed by atoms with Crippen molar-refractivity contribution in [2.24, 2.45) is 0 Å². The molecular formula is C16H14F3NO4. The number of nitrogens with zero attached hydrogens (tertiary/aromatic N) is 1. The van der Waals surface area contributed by atoms with Gasteiger partial charge in [-0.3, -0.25) is 4.79 Å². The minimum atomic E-state index is -1.87. The third kappa shape index (κ3) is 2.33. The van der Waals surface area contributed by atoms with Gasteiger partial charge in [0.1, 0.15) is 5.69 Å². The third-order valence-electron chi connectivity index (χ3n) is 4.45. The molecule has 3 rings (SSSR count). The molecule has 0 atom stereocenters. The van der Waals surface area contributed by atoms with Crippen LogP contribution in [0.1, 0.15) is 48.6 Å². The fourth-order valence-electron chi connectivity index (χ4n) is 3.36. The smallest absolute Gasteiger partial charge is 0.352 e. The van der Waals surface area contributed by atoms with E-state index in [0.29, 0.717) is 18.9 Å². The number of hydrogen-bond donors (Lipinski definition) is 2. The zero-order valence-corrected chi connectivity index (χ0v) is 12.5. The molecule has 2 N–H and O–H groups in total. The second-order valence-electron chi connectivity index (χ2n) is 5.87. The third-order valence-corrected chi connectivity index (χ3v) is 4.45. The minimum absolute atomic E-state index is 0.480. The van der Waals surface area contributed by atoms with Crippen LogP contribution in [0.5, 0.6) is 5.75 Å². The summed E-state index contributed by atoms with van der Waals surface area (Å²) in [5.41, 5.74) is -2.36. The average Bonchev–Trinajstić information content (AvgIpc) is 2.57. The van der Waals surface area contributed by atoms with Gasteiger partial charge in [-0.15, -0.1) is 0 Å². The molecule has 0 saturated heterocycles. The number of aromatic carboxylic acids is 1. The molecule has 0 radical (unpaired) electrons. The van der Waals surface area contributed by atoms with Gasteiger partial charge < -0.3 is 14.8 Å². The summed E-state index contributed by atoms with van der Waals surface area (Å²) in [6.45, 7) is 0. The molecule has 1 aromatic heterocycles. The lowest BCUT2D eigenvalue weighted by Gasteiger charge is -2.28. The summed E-state index contributed by atoms with van der Waals surface area (Å²) in [5.74, 6) is -8.13. The fourth-order valence-corrected chi connectivity index (χ4v) is 3.36. The summed E-state index contributed by atoms with van der Waals surface area (Å²) in [7, 11) is 0. The first-order chi connectivity index (χ1) is 11.3. The van der Waals surface area contributed by atoms with Crippen molar-refractivity contribution in [3.05, 3.63) is 39.4 Å². The van der Waals surface area contributed by atoms with Crippen molar-refractivity contribution in [3.8, 4) is 5.75 Å². The molecule has 128 valence electrons. The first kappa shape index (κ1) is 16.4. The number of carboxylic acids is 1. The Bertz CT molecular complexity index is 901. The fraction of sp³-hybridized carbons (Fsp3) is 0.375. The van der Waals surface area contributed by atoms with E-state index >= 15 is 0 Å². The number of hydrogen-bond acceptors (Lipinski definition) is 3. The molecule has 1 fully saturated rings. The topological polar surface area (TPSA) is 79.5 Å². The number of carboxylic acid groups (broad SMARTS) is 1. The molecule has 24 heavy (non-hydrogen) atoms. The van der Waals surface area contributed by atoms with Crippen LogP contribution in [0.2, 0.25) is 0 Å². The van der Waals surface area contributed by atoms with Gasteiger partial charge in [0.25, 0.3) is 0 Å². The molecule has 0 amide bonds. The number of rotatable bonds is 2. The van der Waals surface area contributed by atoms with Crippen molar-refractivity contribution in [1.29, 1.82) is 0 Å². The number of fused-ring (bicyclic) bond motifs is 1. The Kier molecular flexibility index (Phi) is 3.98. The van der Waals surface area contributed by atoms with Crippen LogP contribution in [-0.4, -0.2) is 20.7 Å². The summed E-state index contributed by atoms with van der Waals surface area (Å²) >= 11 is 0. The maximum Gasteiger partial charge on any atom is 0.352 e. The van der Waals surface area contributed by atoms with Crippen LogP contribution in [-0.2, 0) is 0 Å². The number of aromatic hydroxyl groups is 1. The molecule has 1 aromatic carbocycles. The molecule has 5 nitrogen and oxygen atoms in total. The van der Waals surface area contributed by atoms with Crippen LogP contribution in [0.15, 0.2) is 10.9 Å². The highest BCUT2D eigenvalue weighted by Crippen LogP contribution is 2.36. The lowest BCUT2D eigenvalue weighted by Crippen LogP contribution is -2.25. The molecule has 8 heteroatoms. The van der Waals surface area contributed by atoms with E-state index in [-0.39, 0.29) is 0 Å². The zero-order valence-electron chi connectivity index (χ0n) is 12.5. The summed E-state index contributed by atoms with van der Waals surface area (Å²) in [5, 5.41) is 17.9. The molecule has 1 saturated carbocycles. The number of benzene rings is 1. The van der Waals surface area contributed by atoms with Crippen LogP contribution < -0.4 is 5.43 Å². The van der Waals surface area contributed by atoms with E-state index in [1.54, 1.807) is 0 Å². The number of aromatic nitrogens is 1. The van der Waals surface area contributed by atoms with E-state index in [4.69, 9.17) is 0 Å². The quantitative estimate of drug-likeness (QED) is 0.821. The van der Waals surface area contributed by atoms with Crippen LogP contribution >= 0.6 is 0 Å². The van der Waals surface area contributed by atoms with Crippen molar-refractivity contribution >= 4 is 16.9 Å². The molecule has 2 aromatic rings. The van der Waals surface area contributed by atoms with Gasteiger partial charge in [-0.2, -0.15) is 4.39 Å². The summed E-state index contributed by atoms with van der Waals surface area (Å²) in [4.78, 5) is 23.5. The van der Waals surface area contributed by atoms with Gasteiger partial charge in [0.2, 0.25) is 5.82 Å². The maximum absolute atomic E-state index is 14.5. The Morgan fingerprint density at radius 2 is 1.71 bits per heavy atom. The SMILES string of the molecule is O=C(O)c1cc(=O)c2c(F)c(F)c(O)c(F)c2n1C1CCCCC1. The summed E-state index contributed by atoms with van der Waals surface area (Å²) in [6, 6.07) is 0.185. The van der Waals surface area contributed by atoms with Crippen LogP contribution in [0.25, 0.3) is 10.9 Å². The average molecular weight is 341 g/mol. The Morgan fingerprint density at radius 3 is 2.29 bits per heavy atom. The minimum Gasteiger partial charge on any atom is -0.503 e. The molecule has 0 unspecified atom stereocenters. The van der Waals surface area contributed by atoms with Gasteiger partial charge >= 0.3 is 5.97 Å². The number of phenols is 1.